The molecule has 4 aromatic rings. The lowest BCUT2D eigenvalue weighted by molar-refractivity contribution is -0.115. The Hall–Kier alpha value is -5.05. The second-order valence-electron chi connectivity index (χ2n) is 12.4. The van der Waals surface area contributed by atoms with E-state index in [1.165, 1.54) is 0 Å². The molecule has 0 saturated carbocycles. The Balaban J connectivity index is 1.57. The van der Waals surface area contributed by atoms with Crippen molar-refractivity contribution in [2.75, 3.05) is 32.1 Å². The van der Waals surface area contributed by atoms with E-state index >= 15 is 0 Å². The molecule has 3 aromatic carbocycles. The summed E-state index contributed by atoms with van der Waals surface area (Å²) < 4.78 is 13.2. The van der Waals surface area contributed by atoms with Gasteiger partial charge in [-0.25, -0.2) is 4.79 Å². The Kier molecular flexibility index (Phi) is 9.80. The predicted molar refractivity (Wildman–Crippen MR) is 179 cm³/mol. The number of rotatable bonds is 8. The first-order valence-electron chi connectivity index (χ1n) is 15.7. The summed E-state index contributed by atoms with van der Waals surface area (Å²) >= 11 is 0. The number of carbonyl (C=O) groups excluding carboxylic acids is 3. The number of aromatic nitrogens is 1. The van der Waals surface area contributed by atoms with Crippen LogP contribution in [0.3, 0.4) is 0 Å². The lowest BCUT2D eigenvalue weighted by atomic mass is 10.00. The lowest BCUT2D eigenvalue weighted by Crippen LogP contribution is -2.57. The smallest absolute Gasteiger partial charge is 0.410 e. The third-order valence-electron chi connectivity index (χ3n) is 7.93. The fourth-order valence-corrected chi connectivity index (χ4v) is 5.71. The Labute approximate surface area is 270 Å². The van der Waals surface area contributed by atoms with Gasteiger partial charge in [0.15, 0.2) is 0 Å². The summed E-state index contributed by atoms with van der Waals surface area (Å²) in [5.41, 5.74) is 3.79. The second-order valence-corrected chi connectivity index (χ2v) is 12.4. The first-order valence-corrected chi connectivity index (χ1v) is 15.7. The van der Waals surface area contributed by atoms with E-state index in [9.17, 15) is 14.4 Å². The van der Waals surface area contributed by atoms with Crippen molar-refractivity contribution in [2.24, 2.45) is 0 Å². The number of benzene rings is 3. The highest BCUT2D eigenvalue weighted by atomic mass is 16.6. The van der Waals surface area contributed by atoms with E-state index in [1.54, 1.807) is 25.0 Å². The molecule has 9 nitrogen and oxygen atoms in total. The van der Waals surface area contributed by atoms with Crippen molar-refractivity contribution in [2.45, 2.75) is 52.2 Å². The van der Waals surface area contributed by atoms with Crippen LogP contribution in [-0.2, 0) is 16.0 Å². The van der Waals surface area contributed by atoms with Gasteiger partial charge in [0, 0.05) is 38.3 Å². The summed E-state index contributed by atoms with van der Waals surface area (Å²) in [6.07, 6.45) is 2.38. The zero-order chi connectivity index (χ0) is 32.8. The van der Waals surface area contributed by atoms with Crippen molar-refractivity contribution < 1.29 is 23.9 Å². The SMILES string of the molecule is CCC(=O)Nc1ccc(OC)cc1-n1ccc(C(=O)N2CCN(C(=O)OC(C)(C)C)C[C@H]2Cc2ccccc2)c1-c1ccccc1. The Morgan fingerprint density at radius 1 is 0.913 bits per heavy atom. The molecule has 0 aliphatic carbocycles. The Morgan fingerprint density at radius 3 is 2.26 bits per heavy atom. The van der Waals surface area contributed by atoms with Crippen LogP contribution in [0.15, 0.2) is 91.1 Å². The second kappa shape index (κ2) is 13.9. The van der Waals surface area contributed by atoms with Crippen molar-refractivity contribution in [3.05, 3.63) is 102 Å². The highest BCUT2D eigenvalue weighted by molar-refractivity contribution is 6.01. The van der Waals surface area contributed by atoms with Gasteiger partial charge in [-0.3, -0.25) is 9.59 Å². The molecule has 46 heavy (non-hydrogen) atoms. The van der Waals surface area contributed by atoms with Gasteiger partial charge < -0.3 is 29.2 Å². The molecular weight excluding hydrogens is 580 g/mol. The lowest BCUT2D eigenvalue weighted by Gasteiger charge is -2.42. The van der Waals surface area contributed by atoms with E-state index in [1.807, 2.05) is 115 Å². The fourth-order valence-electron chi connectivity index (χ4n) is 5.71. The van der Waals surface area contributed by atoms with E-state index in [0.717, 1.165) is 11.1 Å². The summed E-state index contributed by atoms with van der Waals surface area (Å²) in [6, 6.07) is 26.7. The van der Waals surface area contributed by atoms with Crippen LogP contribution in [0.25, 0.3) is 16.9 Å². The van der Waals surface area contributed by atoms with Crippen molar-refractivity contribution in [1.82, 2.24) is 14.4 Å². The molecule has 240 valence electrons. The molecule has 3 amide bonds. The highest BCUT2D eigenvalue weighted by Gasteiger charge is 2.36. The van der Waals surface area contributed by atoms with Gasteiger partial charge in [-0.05, 0) is 56.5 Å². The third kappa shape index (κ3) is 7.42. The van der Waals surface area contributed by atoms with Gasteiger partial charge in [-0.15, -0.1) is 0 Å². The summed E-state index contributed by atoms with van der Waals surface area (Å²) in [5.74, 6) is 0.360. The van der Waals surface area contributed by atoms with E-state index in [-0.39, 0.29) is 23.9 Å². The summed E-state index contributed by atoms with van der Waals surface area (Å²) in [7, 11) is 1.59. The van der Waals surface area contributed by atoms with Gasteiger partial charge in [0.2, 0.25) is 5.91 Å². The molecule has 0 spiro atoms. The van der Waals surface area contributed by atoms with Gasteiger partial charge in [0.1, 0.15) is 11.4 Å². The molecule has 1 aliphatic rings. The highest BCUT2D eigenvalue weighted by Crippen LogP contribution is 2.35. The molecule has 1 saturated heterocycles. The van der Waals surface area contributed by atoms with Crippen LogP contribution in [0, 0.1) is 0 Å². The number of nitrogens with one attached hydrogen (secondary N) is 1. The van der Waals surface area contributed by atoms with Crippen LogP contribution in [0.2, 0.25) is 0 Å². The summed E-state index contributed by atoms with van der Waals surface area (Å²) in [5, 5.41) is 3.00. The van der Waals surface area contributed by atoms with E-state index in [2.05, 4.69) is 5.32 Å². The largest absolute Gasteiger partial charge is 0.497 e. The molecule has 1 N–H and O–H groups in total. The van der Waals surface area contributed by atoms with E-state index in [0.29, 0.717) is 60.9 Å². The topological polar surface area (TPSA) is 93.1 Å². The zero-order valence-electron chi connectivity index (χ0n) is 27.2. The molecular formula is C37H42N4O5. The minimum Gasteiger partial charge on any atom is -0.497 e. The molecule has 9 heteroatoms. The number of carbonyl (C=O) groups is 3. The number of amides is 3. The predicted octanol–water partition coefficient (Wildman–Crippen LogP) is 6.81. The van der Waals surface area contributed by atoms with E-state index < -0.39 is 5.60 Å². The molecule has 1 fully saturated rings. The van der Waals surface area contributed by atoms with Gasteiger partial charge >= 0.3 is 6.09 Å². The van der Waals surface area contributed by atoms with Gasteiger partial charge in [0.05, 0.1) is 35.8 Å². The number of nitrogens with zero attached hydrogens (tertiary/aromatic N) is 3. The Bertz CT molecular complexity index is 1680. The summed E-state index contributed by atoms with van der Waals surface area (Å²) in [6.45, 7) is 8.41. The molecule has 0 unspecified atom stereocenters. The average molecular weight is 623 g/mol. The maximum Gasteiger partial charge on any atom is 0.410 e. The fraction of sp³-hybridized carbons (Fsp3) is 0.324. The molecule has 1 atom stereocenters. The first kappa shape index (κ1) is 32.3. The third-order valence-corrected chi connectivity index (χ3v) is 7.93. The van der Waals surface area contributed by atoms with Crippen LogP contribution in [0.4, 0.5) is 10.5 Å². The van der Waals surface area contributed by atoms with Crippen LogP contribution >= 0.6 is 0 Å². The maximum atomic E-state index is 14.7. The number of hydrogen-bond donors (Lipinski definition) is 1. The molecule has 2 heterocycles. The minimum absolute atomic E-state index is 0.122. The number of anilines is 1. The van der Waals surface area contributed by atoms with Crippen molar-refractivity contribution in [3.63, 3.8) is 0 Å². The molecule has 0 bridgehead atoms. The van der Waals surface area contributed by atoms with Crippen LogP contribution < -0.4 is 10.1 Å². The number of ether oxygens (including phenoxy) is 2. The van der Waals surface area contributed by atoms with Crippen molar-refractivity contribution in [3.8, 4) is 22.7 Å². The maximum absolute atomic E-state index is 14.7. The molecule has 1 aromatic heterocycles. The quantitative estimate of drug-likeness (QED) is 0.233. The monoisotopic (exact) mass is 622 g/mol. The molecule has 5 rings (SSSR count). The number of methoxy groups -OCH3 is 1. The van der Waals surface area contributed by atoms with Gasteiger partial charge in [0.25, 0.3) is 5.91 Å². The van der Waals surface area contributed by atoms with Crippen molar-refractivity contribution in [1.29, 1.82) is 0 Å². The minimum atomic E-state index is -0.623. The standard InChI is InChI=1S/C37H42N4O5/c1-6-33(42)38-31-18-17-29(45-5)24-32(31)41-20-19-30(34(41)27-15-11-8-12-16-27)35(43)40-22-21-39(36(44)46-37(2,3)4)25-28(40)23-26-13-9-7-10-14-26/h7-20,24,28H,6,21-23,25H2,1-5H3,(H,38,42)/t28-/m1/s1. The Morgan fingerprint density at radius 2 is 1.61 bits per heavy atom. The number of piperazine rings is 1. The normalized spacial score (nSPS) is 14.9. The van der Waals surface area contributed by atoms with E-state index in [4.69, 9.17) is 9.47 Å². The average Bonchev–Trinajstić information content (AvgIpc) is 3.50. The van der Waals surface area contributed by atoms with Gasteiger partial charge in [-0.2, -0.15) is 0 Å². The summed E-state index contributed by atoms with van der Waals surface area (Å²) in [4.78, 5) is 43.8. The molecule has 0 radical (unpaired) electrons. The number of hydrogen-bond acceptors (Lipinski definition) is 5. The molecule has 1 aliphatic heterocycles. The van der Waals surface area contributed by atoms with Crippen molar-refractivity contribution >= 4 is 23.6 Å². The van der Waals surface area contributed by atoms with Crippen LogP contribution in [0.5, 0.6) is 5.75 Å². The van der Waals surface area contributed by atoms with Crippen LogP contribution in [0.1, 0.15) is 50.0 Å². The first-order chi connectivity index (χ1) is 22.1. The van der Waals surface area contributed by atoms with Gasteiger partial charge in [-0.1, -0.05) is 67.6 Å². The zero-order valence-corrected chi connectivity index (χ0v) is 27.2. The van der Waals surface area contributed by atoms with Crippen LogP contribution in [-0.4, -0.2) is 70.7 Å².